The van der Waals surface area contributed by atoms with Crippen LogP contribution in [0.4, 0.5) is 0 Å². The van der Waals surface area contributed by atoms with E-state index < -0.39 is 8.80 Å². The van der Waals surface area contributed by atoms with E-state index in [4.69, 9.17) is 0 Å². The number of hydrogen-bond acceptors (Lipinski definition) is 0. The Bertz CT molecular complexity index is 781. The van der Waals surface area contributed by atoms with E-state index in [2.05, 4.69) is 75.4 Å². The maximum absolute atomic E-state index is 2.43. The Morgan fingerprint density at radius 3 is 2.11 bits per heavy atom. The molecule has 0 unspecified atom stereocenters. The number of rotatable bonds is 6. The van der Waals surface area contributed by atoms with Crippen molar-refractivity contribution >= 4 is 29.9 Å². The molecule has 143 valence electrons. The molecule has 3 aromatic carbocycles. The maximum Gasteiger partial charge on any atom is 4.00 e. The first kappa shape index (κ1) is 29.1. The summed E-state index contributed by atoms with van der Waals surface area (Å²) < 4.78 is 0. The molecule has 0 fully saturated rings. The van der Waals surface area contributed by atoms with Crippen LogP contribution in [0.25, 0.3) is 10.8 Å². The predicted octanol–water partition coefficient (Wildman–Crippen LogP) is -4.02. The van der Waals surface area contributed by atoms with E-state index in [0.29, 0.717) is 0 Å². The van der Waals surface area contributed by atoms with Crippen LogP contribution in [0, 0.1) is 13.8 Å². The zero-order chi connectivity index (χ0) is 16.2. The first-order valence-electron chi connectivity index (χ1n) is 8.78. The van der Waals surface area contributed by atoms with Gasteiger partial charge in [0.2, 0.25) is 0 Å². The van der Waals surface area contributed by atoms with Crippen LogP contribution in [-0.2, 0) is 21.7 Å². The van der Waals surface area contributed by atoms with E-state index >= 15 is 0 Å². The first-order valence-corrected chi connectivity index (χ1v) is 10.5. The first-order chi connectivity index (χ1) is 11.2. The van der Waals surface area contributed by atoms with Gasteiger partial charge in [-0.25, -0.2) is 0 Å². The van der Waals surface area contributed by atoms with E-state index in [9.17, 15) is 0 Å². The second-order valence-corrected chi connectivity index (χ2v) is 9.22. The summed E-state index contributed by atoms with van der Waals surface area (Å²) in [6.07, 6.45) is 3.98. The fourth-order valence-electron chi connectivity index (χ4n) is 3.55. The molecule has 3 aromatic rings. The third kappa shape index (κ3) is 7.31. The second kappa shape index (κ2) is 13.9. The summed E-state index contributed by atoms with van der Waals surface area (Å²) in [6.45, 7) is 6.75. The summed E-state index contributed by atoms with van der Waals surface area (Å²) in [7, 11) is -0.699. The van der Waals surface area contributed by atoms with Gasteiger partial charge in [-0.05, 0) is 13.8 Å². The fraction of sp³-hybridized carbons (Fsp3) is 0.318. The summed E-state index contributed by atoms with van der Waals surface area (Å²) in [6, 6.07) is 22.0. The molecule has 0 aromatic heterocycles. The molecule has 3 rings (SSSR count). The van der Waals surface area contributed by atoms with Crippen LogP contribution in [0.5, 0.6) is 0 Å². The summed E-state index contributed by atoms with van der Waals surface area (Å²) in [5.74, 6) is 0. The van der Waals surface area contributed by atoms with Crippen LogP contribution < -0.4 is 47.6 Å². The SMILES string of the molecule is CCCCC[Si](c1cc(C)cc(C)c1)[c-]1ccc2ccccc21.[Cl-].[Cl-].[Cl-].[Ti+4]. The molecule has 0 saturated heterocycles. The Hall–Kier alpha value is -0.149. The molecule has 5 heteroatoms. The molecule has 0 heterocycles. The number of hydrogen-bond donors (Lipinski definition) is 0. The van der Waals surface area contributed by atoms with Crippen molar-refractivity contribution in [3.05, 3.63) is 65.7 Å². The number of fused-ring (bicyclic) bond motifs is 1. The molecule has 0 aliphatic rings. The van der Waals surface area contributed by atoms with Crippen molar-refractivity contribution in [1.29, 1.82) is 0 Å². The Morgan fingerprint density at radius 1 is 0.852 bits per heavy atom. The van der Waals surface area contributed by atoms with Crippen LogP contribution in [0.15, 0.2) is 54.6 Å². The van der Waals surface area contributed by atoms with E-state index in [1.165, 1.54) is 47.2 Å². The Morgan fingerprint density at radius 2 is 1.48 bits per heavy atom. The van der Waals surface area contributed by atoms with Gasteiger partial charge in [-0.3, -0.25) is 0 Å². The quantitative estimate of drug-likeness (QED) is 0.195. The van der Waals surface area contributed by atoms with Crippen molar-refractivity contribution in [3.8, 4) is 0 Å². The number of halogens is 3. The number of aryl methyl sites for hydroxylation is 2. The van der Waals surface area contributed by atoms with Gasteiger partial charge in [0.05, 0.1) is 8.80 Å². The van der Waals surface area contributed by atoms with Crippen molar-refractivity contribution in [3.63, 3.8) is 0 Å². The third-order valence-electron chi connectivity index (χ3n) is 4.61. The van der Waals surface area contributed by atoms with Crippen molar-refractivity contribution in [2.45, 2.75) is 46.1 Å². The average Bonchev–Trinajstić information content (AvgIpc) is 2.94. The summed E-state index contributed by atoms with van der Waals surface area (Å²) in [5.41, 5.74) is 2.79. The predicted molar refractivity (Wildman–Crippen MR) is 105 cm³/mol. The van der Waals surface area contributed by atoms with Gasteiger partial charge in [-0.15, -0.1) is 34.2 Å². The minimum absolute atomic E-state index is 0. The maximum atomic E-state index is 2.43. The Labute approximate surface area is 199 Å². The zero-order valence-corrected chi connectivity index (χ0v) is 21.0. The smallest absolute Gasteiger partial charge is 1.00 e. The van der Waals surface area contributed by atoms with Crippen LogP contribution in [0.3, 0.4) is 0 Å². The van der Waals surface area contributed by atoms with Gasteiger partial charge in [-0.1, -0.05) is 72.8 Å². The molecule has 0 amide bonds. The molecule has 0 aliphatic heterocycles. The van der Waals surface area contributed by atoms with E-state index in [-0.39, 0.29) is 58.9 Å². The van der Waals surface area contributed by atoms with Crippen LogP contribution in [-0.4, -0.2) is 8.80 Å². The van der Waals surface area contributed by atoms with Crippen molar-refractivity contribution in [1.82, 2.24) is 0 Å². The van der Waals surface area contributed by atoms with Crippen LogP contribution in [0.1, 0.15) is 37.3 Å². The van der Waals surface area contributed by atoms with E-state index in [1.54, 1.807) is 10.4 Å². The van der Waals surface area contributed by atoms with Gasteiger partial charge < -0.3 is 37.2 Å². The number of benzene rings is 2. The van der Waals surface area contributed by atoms with Gasteiger partial charge >= 0.3 is 21.7 Å². The summed E-state index contributed by atoms with van der Waals surface area (Å²) >= 11 is 0. The van der Waals surface area contributed by atoms with Crippen molar-refractivity contribution in [2.24, 2.45) is 0 Å². The summed E-state index contributed by atoms with van der Waals surface area (Å²) in [4.78, 5) is 0. The van der Waals surface area contributed by atoms with Crippen LogP contribution in [0.2, 0.25) is 6.04 Å². The molecule has 0 aliphatic carbocycles. The van der Waals surface area contributed by atoms with Gasteiger partial charge in [0.1, 0.15) is 0 Å². The monoisotopic (exact) mass is 471 g/mol. The Balaban J connectivity index is 0. The minimum atomic E-state index is -0.699. The molecular weight excluding hydrogens is 447 g/mol. The normalized spacial score (nSPS) is 9.78. The van der Waals surface area contributed by atoms with Gasteiger partial charge in [-0.2, -0.15) is 12.1 Å². The molecule has 1 radical (unpaired) electrons. The van der Waals surface area contributed by atoms with Crippen LogP contribution >= 0.6 is 0 Å². The summed E-state index contributed by atoms with van der Waals surface area (Å²) in [5, 5.41) is 6.05. The molecule has 0 N–H and O–H groups in total. The molecule has 0 spiro atoms. The minimum Gasteiger partial charge on any atom is -1.00 e. The standard InChI is InChI=1S/C22H26Si.3ClH.Ti/c1-4-5-8-13-23(20-15-17(2)14-18(3)16-20)22-12-11-19-9-6-7-10-21(19)22;;;;/h6-7,9-12,14-16H,4-5,8,13H2,1-3H3;3*1H;/q-1;;;;+4/p-3. The zero-order valence-electron chi connectivity index (χ0n) is 16.2. The molecule has 0 nitrogen and oxygen atoms in total. The van der Waals surface area contributed by atoms with Gasteiger partial charge in [0.15, 0.2) is 0 Å². The largest absolute Gasteiger partial charge is 4.00 e. The third-order valence-corrected chi connectivity index (χ3v) is 7.53. The van der Waals surface area contributed by atoms with E-state index in [1.807, 2.05) is 0 Å². The fourth-order valence-corrected chi connectivity index (χ4v) is 6.66. The topological polar surface area (TPSA) is 0 Å². The molecule has 0 bridgehead atoms. The second-order valence-electron chi connectivity index (χ2n) is 6.65. The Kier molecular flexibility index (Phi) is 15.0. The molecular formula is C22H26Cl3SiTi. The van der Waals surface area contributed by atoms with Gasteiger partial charge in [0, 0.05) is 0 Å². The number of unbranched alkanes of at least 4 members (excludes halogenated alkanes) is 2. The average molecular weight is 473 g/mol. The molecule has 27 heavy (non-hydrogen) atoms. The van der Waals surface area contributed by atoms with Crippen molar-refractivity contribution in [2.75, 3.05) is 0 Å². The van der Waals surface area contributed by atoms with E-state index in [0.717, 1.165) is 0 Å². The molecule has 0 saturated carbocycles. The van der Waals surface area contributed by atoms with Gasteiger partial charge in [0.25, 0.3) is 0 Å². The van der Waals surface area contributed by atoms with Crippen molar-refractivity contribution < 1.29 is 58.9 Å². The molecule has 0 atom stereocenters.